The standard InChI is InChI=1S/C11H14N2O/c1-8(9-4-6-12-7-5-9)13-11(14)10-2-3-10/h4-8,10H,2-3H2,1H3,(H,13,14). The largest absolute Gasteiger partial charge is 0.349 e. The quantitative estimate of drug-likeness (QED) is 0.787. The summed E-state index contributed by atoms with van der Waals surface area (Å²) in [5.41, 5.74) is 1.11. The molecule has 74 valence electrons. The SMILES string of the molecule is CC(NC(=O)C1CC1)c1ccncc1. The van der Waals surface area contributed by atoms with E-state index in [9.17, 15) is 4.79 Å². The molecule has 0 saturated heterocycles. The van der Waals surface area contributed by atoms with Gasteiger partial charge in [-0.25, -0.2) is 0 Å². The van der Waals surface area contributed by atoms with Crippen molar-refractivity contribution in [2.75, 3.05) is 0 Å². The van der Waals surface area contributed by atoms with Crippen LogP contribution in [0, 0.1) is 5.92 Å². The maximum Gasteiger partial charge on any atom is 0.223 e. The molecule has 0 radical (unpaired) electrons. The number of amides is 1. The molecule has 0 bridgehead atoms. The molecule has 1 aromatic heterocycles. The van der Waals surface area contributed by atoms with Gasteiger partial charge in [-0.3, -0.25) is 9.78 Å². The zero-order valence-corrected chi connectivity index (χ0v) is 8.23. The van der Waals surface area contributed by atoms with E-state index in [0.29, 0.717) is 0 Å². The molecule has 3 nitrogen and oxygen atoms in total. The maximum atomic E-state index is 11.5. The van der Waals surface area contributed by atoms with Crippen LogP contribution in [0.1, 0.15) is 31.4 Å². The number of rotatable bonds is 3. The lowest BCUT2D eigenvalue weighted by Crippen LogP contribution is -2.27. The van der Waals surface area contributed by atoms with E-state index in [1.807, 2.05) is 19.1 Å². The van der Waals surface area contributed by atoms with E-state index in [4.69, 9.17) is 0 Å². The van der Waals surface area contributed by atoms with E-state index in [-0.39, 0.29) is 17.9 Å². The van der Waals surface area contributed by atoms with Crippen LogP contribution >= 0.6 is 0 Å². The number of hydrogen-bond acceptors (Lipinski definition) is 2. The highest BCUT2D eigenvalue weighted by Gasteiger charge is 2.30. The van der Waals surface area contributed by atoms with Crippen molar-refractivity contribution in [1.29, 1.82) is 0 Å². The molecule has 1 amide bonds. The molecule has 1 aliphatic carbocycles. The molecule has 1 aliphatic rings. The van der Waals surface area contributed by atoms with Crippen LogP contribution in [0.2, 0.25) is 0 Å². The summed E-state index contributed by atoms with van der Waals surface area (Å²) >= 11 is 0. The van der Waals surface area contributed by atoms with Crippen molar-refractivity contribution in [3.8, 4) is 0 Å². The smallest absolute Gasteiger partial charge is 0.223 e. The topological polar surface area (TPSA) is 42.0 Å². The Morgan fingerprint density at radius 2 is 2.14 bits per heavy atom. The van der Waals surface area contributed by atoms with Gasteiger partial charge in [0.1, 0.15) is 0 Å². The van der Waals surface area contributed by atoms with Crippen molar-refractivity contribution in [1.82, 2.24) is 10.3 Å². The van der Waals surface area contributed by atoms with Crippen LogP contribution in [-0.4, -0.2) is 10.9 Å². The van der Waals surface area contributed by atoms with Gasteiger partial charge in [-0.1, -0.05) is 0 Å². The fourth-order valence-electron chi connectivity index (χ4n) is 1.41. The predicted octanol–water partition coefficient (Wildman–Crippen LogP) is 1.67. The van der Waals surface area contributed by atoms with Crippen molar-refractivity contribution >= 4 is 5.91 Å². The summed E-state index contributed by atoms with van der Waals surface area (Å²) in [5.74, 6) is 0.466. The first-order chi connectivity index (χ1) is 6.77. The molecule has 1 unspecified atom stereocenters. The van der Waals surface area contributed by atoms with Crippen LogP contribution in [0.4, 0.5) is 0 Å². The predicted molar refractivity (Wildman–Crippen MR) is 53.5 cm³/mol. The van der Waals surface area contributed by atoms with Crippen molar-refractivity contribution in [2.24, 2.45) is 5.92 Å². The highest BCUT2D eigenvalue weighted by atomic mass is 16.2. The summed E-state index contributed by atoms with van der Waals surface area (Å²) < 4.78 is 0. The molecular weight excluding hydrogens is 176 g/mol. The molecule has 1 aromatic rings. The number of aromatic nitrogens is 1. The molecule has 1 N–H and O–H groups in total. The number of carbonyl (C=O) groups is 1. The minimum Gasteiger partial charge on any atom is -0.349 e. The Morgan fingerprint density at radius 1 is 1.50 bits per heavy atom. The third-order valence-corrected chi connectivity index (χ3v) is 2.51. The van der Waals surface area contributed by atoms with E-state index in [0.717, 1.165) is 18.4 Å². The van der Waals surface area contributed by atoms with Gasteiger partial charge in [-0.05, 0) is 37.5 Å². The van der Waals surface area contributed by atoms with Gasteiger partial charge in [-0.2, -0.15) is 0 Å². The average molecular weight is 190 g/mol. The van der Waals surface area contributed by atoms with Crippen molar-refractivity contribution in [2.45, 2.75) is 25.8 Å². The van der Waals surface area contributed by atoms with E-state index in [1.54, 1.807) is 12.4 Å². The number of nitrogens with one attached hydrogen (secondary N) is 1. The van der Waals surface area contributed by atoms with E-state index < -0.39 is 0 Å². The number of nitrogens with zero attached hydrogens (tertiary/aromatic N) is 1. The lowest BCUT2D eigenvalue weighted by Gasteiger charge is -2.13. The van der Waals surface area contributed by atoms with Crippen LogP contribution in [-0.2, 0) is 4.79 Å². The molecule has 14 heavy (non-hydrogen) atoms. The molecule has 1 atom stereocenters. The van der Waals surface area contributed by atoms with E-state index >= 15 is 0 Å². The van der Waals surface area contributed by atoms with Crippen LogP contribution in [0.3, 0.4) is 0 Å². The first kappa shape index (κ1) is 9.19. The summed E-state index contributed by atoms with van der Waals surface area (Å²) in [6.45, 7) is 2.00. The summed E-state index contributed by atoms with van der Waals surface area (Å²) in [7, 11) is 0. The Hall–Kier alpha value is -1.38. The van der Waals surface area contributed by atoms with Crippen LogP contribution in [0.25, 0.3) is 0 Å². The minimum absolute atomic E-state index is 0.0890. The molecule has 1 fully saturated rings. The third-order valence-electron chi connectivity index (χ3n) is 2.51. The van der Waals surface area contributed by atoms with Gasteiger partial charge in [0.15, 0.2) is 0 Å². The Bertz CT molecular complexity index is 319. The molecule has 1 heterocycles. The second-order valence-corrected chi connectivity index (χ2v) is 3.79. The number of carbonyl (C=O) groups excluding carboxylic acids is 1. The van der Waals surface area contributed by atoms with Gasteiger partial charge >= 0.3 is 0 Å². The van der Waals surface area contributed by atoms with Crippen LogP contribution in [0.5, 0.6) is 0 Å². The molecule has 3 heteroatoms. The van der Waals surface area contributed by atoms with Gasteiger partial charge in [0, 0.05) is 18.3 Å². The highest BCUT2D eigenvalue weighted by Crippen LogP contribution is 2.29. The fourth-order valence-corrected chi connectivity index (χ4v) is 1.41. The van der Waals surface area contributed by atoms with Crippen molar-refractivity contribution < 1.29 is 4.79 Å². The van der Waals surface area contributed by atoms with Gasteiger partial charge in [0.2, 0.25) is 5.91 Å². The van der Waals surface area contributed by atoms with E-state index in [1.165, 1.54) is 0 Å². The molecule has 0 spiro atoms. The Balaban J connectivity index is 1.95. The van der Waals surface area contributed by atoms with Crippen molar-refractivity contribution in [3.63, 3.8) is 0 Å². The monoisotopic (exact) mass is 190 g/mol. The highest BCUT2D eigenvalue weighted by molar-refractivity contribution is 5.81. The zero-order valence-electron chi connectivity index (χ0n) is 8.23. The second-order valence-electron chi connectivity index (χ2n) is 3.79. The summed E-state index contributed by atoms with van der Waals surface area (Å²) in [6.07, 6.45) is 5.59. The maximum absolute atomic E-state index is 11.5. The number of hydrogen-bond donors (Lipinski definition) is 1. The number of pyridine rings is 1. The van der Waals surface area contributed by atoms with Gasteiger partial charge in [0.05, 0.1) is 6.04 Å². The van der Waals surface area contributed by atoms with Gasteiger partial charge in [0.25, 0.3) is 0 Å². The molecular formula is C11H14N2O. The van der Waals surface area contributed by atoms with Gasteiger partial charge < -0.3 is 5.32 Å². The molecule has 0 aromatic carbocycles. The van der Waals surface area contributed by atoms with Crippen molar-refractivity contribution in [3.05, 3.63) is 30.1 Å². The summed E-state index contributed by atoms with van der Waals surface area (Å²) in [5, 5.41) is 2.99. The van der Waals surface area contributed by atoms with Crippen LogP contribution < -0.4 is 5.32 Å². The Kier molecular flexibility index (Phi) is 2.48. The first-order valence-corrected chi connectivity index (χ1v) is 4.97. The van der Waals surface area contributed by atoms with Gasteiger partial charge in [-0.15, -0.1) is 0 Å². The molecule has 1 saturated carbocycles. The molecule has 2 rings (SSSR count). The Morgan fingerprint density at radius 3 is 2.71 bits per heavy atom. The average Bonchev–Trinajstić information content (AvgIpc) is 3.02. The lowest BCUT2D eigenvalue weighted by atomic mass is 10.1. The fraction of sp³-hybridized carbons (Fsp3) is 0.455. The second kappa shape index (κ2) is 3.78. The summed E-state index contributed by atoms with van der Waals surface area (Å²) in [6, 6.07) is 3.95. The normalized spacial score (nSPS) is 17.5. The third kappa shape index (κ3) is 2.10. The summed E-state index contributed by atoms with van der Waals surface area (Å²) in [4.78, 5) is 15.4. The molecule has 0 aliphatic heterocycles. The minimum atomic E-state index is 0.0890. The van der Waals surface area contributed by atoms with E-state index in [2.05, 4.69) is 10.3 Å². The van der Waals surface area contributed by atoms with Crippen LogP contribution in [0.15, 0.2) is 24.5 Å². The lowest BCUT2D eigenvalue weighted by molar-refractivity contribution is -0.122. The zero-order chi connectivity index (χ0) is 9.97. The Labute approximate surface area is 83.5 Å². The first-order valence-electron chi connectivity index (χ1n) is 4.97.